The molecule has 0 saturated carbocycles. The molecule has 4 heteroatoms. The maximum Gasteiger partial charge on any atom is 0.258 e. The lowest BCUT2D eigenvalue weighted by molar-refractivity contribution is 0.423. The fourth-order valence-corrected chi connectivity index (χ4v) is 1.01. The second-order valence-corrected chi connectivity index (χ2v) is 2.61. The molecule has 0 unspecified atom stereocenters. The Bertz CT molecular complexity index is 383. The average molecular weight is 175 g/mol. The summed E-state index contributed by atoms with van der Waals surface area (Å²) in [5.41, 5.74) is 0.905. The van der Waals surface area contributed by atoms with E-state index >= 15 is 0 Å². The van der Waals surface area contributed by atoms with Gasteiger partial charge in [0.1, 0.15) is 0 Å². The number of nitrogens with zero attached hydrogens (tertiary/aromatic N) is 3. The summed E-state index contributed by atoms with van der Waals surface area (Å²) in [5.74, 6) is 1.28. The highest BCUT2D eigenvalue weighted by atomic mass is 16.5. The largest absolute Gasteiger partial charge is 0.334 e. The van der Waals surface area contributed by atoms with E-state index in [1.165, 1.54) is 0 Å². The molecule has 0 aliphatic heterocycles. The van der Waals surface area contributed by atoms with Crippen LogP contribution in [0.5, 0.6) is 0 Å². The van der Waals surface area contributed by atoms with Gasteiger partial charge in [-0.3, -0.25) is 4.98 Å². The highest BCUT2D eigenvalue weighted by molar-refractivity contribution is 5.50. The van der Waals surface area contributed by atoms with Crippen molar-refractivity contribution in [2.75, 3.05) is 0 Å². The maximum atomic E-state index is 5.05. The molecule has 0 aliphatic rings. The fourth-order valence-electron chi connectivity index (χ4n) is 1.01. The van der Waals surface area contributed by atoms with Gasteiger partial charge >= 0.3 is 0 Å². The predicted molar refractivity (Wildman–Crippen MR) is 46.9 cm³/mol. The van der Waals surface area contributed by atoms with Gasteiger partial charge in [-0.05, 0) is 12.1 Å². The van der Waals surface area contributed by atoms with Gasteiger partial charge in [-0.2, -0.15) is 4.98 Å². The monoisotopic (exact) mass is 175 g/mol. The highest BCUT2D eigenvalue weighted by Crippen LogP contribution is 2.14. The van der Waals surface area contributed by atoms with Crippen LogP contribution in [0, 0.1) is 0 Å². The van der Waals surface area contributed by atoms with Gasteiger partial charge in [-0.15, -0.1) is 0 Å². The first-order valence-electron chi connectivity index (χ1n) is 4.13. The fraction of sp³-hybridized carbons (Fsp3) is 0.222. The molecule has 0 amide bonds. The zero-order valence-corrected chi connectivity index (χ0v) is 7.27. The third-order valence-corrected chi connectivity index (χ3v) is 1.71. The van der Waals surface area contributed by atoms with Crippen LogP contribution in [0.3, 0.4) is 0 Å². The van der Waals surface area contributed by atoms with Gasteiger partial charge < -0.3 is 4.52 Å². The SMILES string of the molecule is CCc1noc(-c2ccncc2)n1. The third kappa shape index (κ3) is 1.56. The Kier molecular flexibility index (Phi) is 2.04. The van der Waals surface area contributed by atoms with Crippen molar-refractivity contribution in [3.05, 3.63) is 30.4 Å². The molecular formula is C9H9N3O. The first kappa shape index (κ1) is 7.91. The van der Waals surface area contributed by atoms with Crippen molar-refractivity contribution in [3.63, 3.8) is 0 Å². The van der Waals surface area contributed by atoms with E-state index < -0.39 is 0 Å². The first-order valence-corrected chi connectivity index (χ1v) is 4.13. The summed E-state index contributed by atoms with van der Waals surface area (Å²) < 4.78 is 5.05. The van der Waals surface area contributed by atoms with Crippen LogP contribution in [0.15, 0.2) is 29.0 Å². The van der Waals surface area contributed by atoms with Crippen LogP contribution in [0.4, 0.5) is 0 Å². The minimum atomic E-state index is 0.555. The Morgan fingerprint density at radius 1 is 1.31 bits per heavy atom. The second-order valence-electron chi connectivity index (χ2n) is 2.61. The predicted octanol–water partition coefficient (Wildman–Crippen LogP) is 1.69. The van der Waals surface area contributed by atoms with Crippen LogP contribution in [0.2, 0.25) is 0 Å². The molecule has 0 bridgehead atoms. The summed E-state index contributed by atoms with van der Waals surface area (Å²) in [4.78, 5) is 8.10. The van der Waals surface area contributed by atoms with Gasteiger partial charge in [0.05, 0.1) is 0 Å². The van der Waals surface area contributed by atoms with E-state index in [0.717, 1.165) is 17.8 Å². The van der Waals surface area contributed by atoms with E-state index in [0.29, 0.717) is 5.89 Å². The van der Waals surface area contributed by atoms with Crippen molar-refractivity contribution in [2.45, 2.75) is 13.3 Å². The van der Waals surface area contributed by atoms with Crippen molar-refractivity contribution in [3.8, 4) is 11.5 Å². The van der Waals surface area contributed by atoms with Crippen LogP contribution < -0.4 is 0 Å². The van der Waals surface area contributed by atoms with Gasteiger partial charge in [0.25, 0.3) is 5.89 Å². The number of hydrogen-bond donors (Lipinski definition) is 0. The van der Waals surface area contributed by atoms with Crippen molar-refractivity contribution < 1.29 is 4.52 Å². The summed E-state index contributed by atoms with van der Waals surface area (Å²) in [6.45, 7) is 1.99. The molecule has 2 heterocycles. The van der Waals surface area contributed by atoms with E-state index in [2.05, 4.69) is 15.1 Å². The number of aryl methyl sites for hydroxylation is 1. The lowest BCUT2D eigenvalue weighted by Crippen LogP contribution is -1.82. The van der Waals surface area contributed by atoms with Crippen LogP contribution in [0.25, 0.3) is 11.5 Å². The van der Waals surface area contributed by atoms with Gasteiger partial charge in [-0.25, -0.2) is 0 Å². The molecule has 0 aliphatic carbocycles. The summed E-state index contributed by atoms with van der Waals surface area (Å²) in [6, 6.07) is 3.68. The van der Waals surface area contributed by atoms with E-state index in [9.17, 15) is 0 Å². The molecule has 0 fully saturated rings. The van der Waals surface area contributed by atoms with Gasteiger partial charge in [0.2, 0.25) is 0 Å². The lowest BCUT2D eigenvalue weighted by atomic mass is 10.3. The van der Waals surface area contributed by atoms with Crippen LogP contribution >= 0.6 is 0 Å². The molecule has 0 spiro atoms. The van der Waals surface area contributed by atoms with Crippen LogP contribution in [-0.4, -0.2) is 15.1 Å². The zero-order valence-electron chi connectivity index (χ0n) is 7.27. The van der Waals surface area contributed by atoms with E-state index in [1.807, 2.05) is 19.1 Å². The van der Waals surface area contributed by atoms with Gasteiger partial charge in [0.15, 0.2) is 5.82 Å². The molecule has 0 atom stereocenters. The molecule has 0 radical (unpaired) electrons. The second kappa shape index (κ2) is 3.35. The Labute approximate surface area is 75.6 Å². The number of aromatic nitrogens is 3. The molecule has 2 aromatic heterocycles. The maximum absolute atomic E-state index is 5.05. The van der Waals surface area contributed by atoms with Crippen molar-refractivity contribution in [1.82, 2.24) is 15.1 Å². The molecular weight excluding hydrogens is 166 g/mol. The van der Waals surface area contributed by atoms with Crippen LogP contribution in [0.1, 0.15) is 12.7 Å². The molecule has 0 aromatic carbocycles. The lowest BCUT2D eigenvalue weighted by Gasteiger charge is -1.89. The van der Waals surface area contributed by atoms with Crippen molar-refractivity contribution in [1.29, 1.82) is 0 Å². The Morgan fingerprint density at radius 3 is 2.69 bits per heavy atom. The molecule has 4 nitrogen and oxygen atoms in total. The summed E-state index contributed by atoms with van der Waals surface area (Å²) >= 11 is 0. The summed E-state index contributed by atoms with van der Waals surface area (Å²) in [7, 11) is 0. The van der Waals surface area contributed by atoms with E-state index in [-0.39, 0.29) is 0 Å². The normalized spacial score (nSPS) is 10.2. The molecule has 0 N–H and O–H groups in total. The standard InChI is InChI=1S/C9H9N3O/c1-2-8-11-9(13-12-8)7-3-5-10-6-4-7/h3-6H,2H2,1H3. The molecule has 2 rings (SSSR count). The third-order valence-electron chi connectivity index (χ3n) is 1.71. The van der Waals surface area contributed by atoms with E-state index in [4.69, 9.17) is 4.52 Å². The molecule has 2 aromatic rings. The zero-order chi connectivity index (χ0) is 9.10. The smallest absolute Gasteiger partial charge is 0.258 e. The number of hydrogen-bond acceptors (Lipinski definition) is 4. The molecule has 13 heavy (non-hydrogen) atoms. The highest BCUT2D eigenvalue weighted by Gasteiger charge is 2.05. The first-order chi connectivity index (χ1) is 6.40. The summed E-state index contributed by atoms with van der Waals surface area (Å²) in [5, 5.41) is 3.80. The van der Waals surface area contributed by atoms with Crippen molar-refractivity contribution in [2.24, 2.45) is 0 Å². The van der Waals surface area contributed by atoms with Gasteiger partial charge in [0, 0.05) is 24.4 Å². The van der Waals surface area contributed by atoms with E-state index in [1.54, 1.807) is 12.4 Å². The molecule has 0 saturated heterocycles. The topological polar surface area (TPSA) is 51.8 Å². The van der Waals surface area contributed by atoms with Gasteiger partial charge in [-0.1, -0.05) is 12.1 Å². The number of pyridine rings is 1. The van der Waals surface area contributed by atoms with Crippen molar-refractivity contribution >= 4 is 0 Å². The molecule has 66 valence electrons. The minimum Gasteiger partial charge on any atom is -0.334 e. The Balaban J connectivity index is 2.36. The quantitative estimate of drug-likeness (QED) is 0.697. The Hall–Kier alpha value is -1.71. The summed E-state index contributed by atoms with van der Waals surface area (Å²) in [6.07, 6.45) is 4.19. The Morgan fingerprint density at radius 2 is 2.08 bits per heavy atom. The number of rotatable bonds is 2. The van der Waals surface area contributed by atoms with Crippen LogP contribution in [-0.2, 0) is 6.42 Å². The average Bonchev–Trinajstić information content (AvgIpc) is 2.67. The minimum absolute atomic E-state index is 0.555.